The Morgan fingerprint density at radius 2 is 2.05 bits per heavy atom. The Hall–Kier alpha value is -2.23. The number of hydrogen-bond acceptors (Lipinski definition) is 3. The summed E-state index contributed by atoms with van der Waals surface area (Å²) in [7, 11) is 1.83. The molecule has 0 bridgehead atoms. The van der Waals surface area contributed by atoms with Gasteiger partial charge in [-0.2, -0.15) is 0 Å². The third kappa shape index (κ3) is 3.50. The summed E-state index contributed by atoms with van der Waals surface area (Å²) < 4.78 is 11.3. The van der Waals surface area contributed by atoms with Gasteiger partial charge in [0.25, 0.3) is 5.91 Å². The second-order valence-corrected chi connectivity index (χ2v) is 5.95. The second-order valence-electron chi connectivity index (χ2n) is 5.95. The normalized spacial score (nSPS) is 13.9. The van der Waals surface area contributed by atoms with Crippen molar-refractivity contribution >= 4 is 5.91 Å². The third-order valence-corrected chi connectivity index (χ3v) is 3.91. The van der Waals surface area contributed by atoms with Gasteiger partial charge in [-0.15, -0.1) is 0 Å². The molecule has 0 spiro atoms. The molecule has 1 fully saturated rings. The van der Waals surface area contributed by atoms with Crippen molar-refractivity contribution in [1.82, 2.24) is 4.90 Å². The summed E-state index contributed by atoms with van der Waals surface area (Å²) >= 11 is 0. The number of rotatable bonds is 6. The summed E-state index contributed by atoms with van der Waals surface area (Å²) in [5.74, 6) is 2.48. The Morgan fingerprint density at radius 1 is 1.27 bits per heavy atom. The first-order valence-electron chi connectivity index (χ1n) is 7.66. The maximum Gasteiger partial charge on any atom is 0.289 e. The lowest BCUT2D eigenvalue weighted by molar-refractivity contribution is 0.0753. The highest BCUT2D eigenvalue weighted by Gasteiger charge is 2.26. The number of ether oxygens (including phenoxy) is 1. The van der Waals surface area contributed by atoms with Crippen molar-refractivity contribution in [2.24, 2.45) is 5.92 Å². The van der Waals surface area contributed by atoms with Gasteiger partial charge in [-0.25, -0.2) is 0 Å². The molecule has 0 radical (unpaired) electrons. The first-order valence-corrected chi connectivity index (χ1v) is 7.66. The molecule has 116 valence electrons. The number of furan rings is 1. The van der Waals surface area contributed by atoms with Crippen molar-refractivity contribution < 1.29 is 13.9 Å². The number of aryl methyl sites for hydroxylation is 1. The van der Waals surface area contributed by atoms with Gasteiger partial charge in [0.05, 0.1) is 0 Å². The number of amides is 1. The van der Waals surface area contributed by atoms with E-state index in [1.54, 1.807) is 17.0 Å². The lowest BCUT2D eigenvalue weighted by atomic mass is 10.2. The van der Waals surface area contributed by atoms with Crippen molar-refractivity contribution in [1.29, 1.82) is 0 Å². The molecule has 1 aliphatic carbocycles. The lowest BCUT2D eigenvalue weighted by Gasteiger charge is -2.14. The number of hydrogen-bond donors (Lipinski definition) is 0. The molecule has 4 heteroatoms. The summed E-state index contributed by atoms with van der Waals surface area (Å²) in [6.07, 6.45) is 2.45. The van der Waals surface area contributed by atoms with Crippen LogP contribution in [0.15, 0.2) is 40.8 Å². The standard InChI is InChI=1S/C18H21NO3/c1-13-5-3-4-6-16(13)21-12-15-9-10-17(22-15)18(20)19(2)11-14-7-8-14/h3-6,9-10,14H,7-8,11-12H2,1-2H3. The first kappa shape index (κ1) is 14.7. The van der Waals surface area contributed by atoms with Gasteiger partial charge in [-0.05, 0) is 49.4 Å². The van der Waals surface area contributed by atoms with Crippen molar-refractivity contribution in [2.45, 2.75) is 26.4 Å². The highest BCUT2D eigenvalue weighted by Crippen LogP contribution is 2.29. The molecule has 22 heavy (non-hydrogen) atoms. The number of para-hydroxylation sites is 1. The van der Waals surface area contributed by atoms with Crippen LogP contribution in [0.2, 0.25) is 0 Å². The van der Waals surface area contributed by atoms with Gasteiger partial charge in [0.1, 0.15) is 18.1 Å². The van der Waals surface area contributed by atoms with E-state index in [4.69, 9.17) is 9.15 Å². The molecule has 0 N–H and O–H groups in total. The monoisotopic (exact) mass is 299 g/mol. The minimum atomic E-state index is -0.0611. The Morgan fingerprint density at radius 3 is 2.77 bits per heavy atom. The number of carbonyl (C=O) groups is 1. The summed E-state index contributed by atoms with van der Waals surface area (Å²) in [5.41, 5.74) is 1.08. The lowest BCUT2D eigenvalue weighted by Crippen LogP contribution is -2.28. The number of benzene rings is 1. The van der Waals surface area contributed by atoms with Crippen LogP contribution in [-0.2, 0) is 6.61 Å². The van der Waals surface area contributed by atoms with E-state index >= 15 is 0 Å². The maximum atomic E-state index is 12.2. The molecule has 0 unspecified atom stereocenters. The van der Waals surface area contributed by atoms with Crippen molar-refractivity contribution in [3.63, 3.8) is 0 Å². The zero-order chi connectivity index (χ0) is 15.5. The van der Waals surface area contributed by atoms with E-state index in [9.17, 15) is 4.79 Å². The maximum absolute atomic E-state index is 12.2. The fourth-order valence-electron chi connectivity index (χ4n) is 2.40. The van der Waals surface area contributed by atoms with Crippen LogP contribution in [0.3, 0.4) is 0 Å². The van der Waals surface area contributed by atoms with Crippen LogP contribution in [0.5, 0.6) is 5.75 Å². The topological polar surface area (TPSA) is 42.7 Å². The van der Waals surface area contributed by atoms with E-state index in [1.807, 2.05) is 38.2 Å². The van der Waals surface area contributed by atoms with E-state index in [-0.39, 0.29) is 5.91 Å². The SMILES string of the molecule is Cc1ccccc1OCc1ccc(C(=O)N(C)CC2CC2)o1. The minimum absolute atomic E-state index is 0.0611. The van der Waals surface area contributed by atoms with Gasteiger partial charge in [0, 0.05) is 13.6 Å². The largest absolute Gasteiger partial charge is 0.485 e. The molecular weight excluding hydrogens is 278 g/mol. The predicted molar refractivity (Wildman–Crippen MR) is 83.9 cm³/mol. The van der Waals surface area contributed by atoms with Crippen LogP contribution in [0.4, 0.5) is 0 Å². The van der Waals surface area contributed by atoms with Crippen LogP contribution in [0.1, 0.15) is 34.7 Å². The average molecular weight is 299 g/mol. The summed E-state index contributed by atoms with van der Waals surface area (Å²) in [6.45, 7) is 3.14. The first-order chi connectivity index (χ1) is 10.6. The average Bonchev–Trinajstić information content (AvgIpc) is 3.20. The molecule has 3 rings (SSSR count). The molecule has 0 atom stereocenters. The molecule has 1 amide bonds. The van der Waals surface area contributed by atoms with E-state index in [1.165, 1.54) is 12.8 Å². The van der Waals surface area contributed by atoms with Gasteiger partial charge in [-0.1, -0.05) is 18.2 Å². The van der Waals surface area contributed by atoms with Crippen molar-refractivity contribution in [2.75, 3.05) is 13.6 Å². The van der Waals surface area contributed by atoms with Gasteiger partial charge in [-0.3, -0.25) is 4.79 Å². The van der Waals surface area contributed by atoms with Crippen LogP contribution in [0.25, 0.3) is 0 Å². The molecular formula is C18H21NO3. The fourth-order valence-corrected chi connectivity index (χ4v) is 2.40. The minimum Gasteiger partial charge on any atom is -0.485 e. The molecule has 0 saturated heterocycles. The Kier molecular flexibility index (Phi) is 4.18. The van der Waals surface area contributed by atoms with E-state index in [0.717, 1.165) is 17.9 Å². The van der Waals surface area contributed by atoms with Crippen LogP contribution < -0.4 is 4.74 Å². The summed E-state index contributed by atoms with van der Waals surface area (Å²) in [6, 6.07) is 11.4. The number of carbonyl (C=O) groups excluding carboxylic acids is 1. The quantitative estimate of drug-likeness (QED) is 0.817. The van der Waals surface area contributed by atoms with Gasteiger partial charge >= 0.3 is 0 Å². The van der Waals surface area contributed by atoms with Crippen LogP contribution in [0, 0.1) is 12.8 Å². The molecule has 1 saturated carbocycles. The van der Waals surface area contributed by atoms with Crippen LogP contribution in [-0.4, -0.2) is 24.4 Å². The molecule has 1 aromatic carbocycles. The van der Waals surface area contributed by atoms with E-state index in [2.05, 4.69) is 0 Å². The van der Waals surface area contributed by atoms with E-state index < -0.39 is 0 Å². The Balaban J connectivity index is 1.58. The Bertz CT molecular complexity index is 658. The molecule has 1 aliphatic rings. The summed E-state index contributed by atoms with van der Waals surface area (Å²) in [4.78, 5) is 14.0. The molecule has 1 heterocycles. The highest BCUT2D eigenvalue weighted by atomic mass is 16.5. The molecule has 2 aromatic rings. The second kappa shape index (κ2) is 6.26. The van der Waals surface area contributed by atoms with Gasteiger partial charge < -0.3 is 14.1 Å². The van der Waals surface area contributed by atoms with Crippen molar-refractivity contribution in [3.05, 3.63) is 53.5 Å². The van der Waals surface area contributed by atoms with Crippen LogP contribution >= 0.6 is 0 Å². The van der Waals surface area contributed by atoms with Crippen molar-refractivity contribution in [3.8, 4) is 5.75 Å². The Labute approximate surface area is 130 Å². The fraction of sp³-hybridized carbons (Fsp3) is 0.389. The zero-order valence-electron chi connectivity index (χ0n) is 13.0. The zero-order valence-corrected chi connectivity index (χ0v) is 13.0. The molecule has 0 aliphatic heterocycles. The predicted octanol–water partition coefficient (Wildman–Crippen LogP) is 3.65. The van der Waals surface area contributed by atoms with E-state index in [0.29, 0.717) is 24.0 Å². The smallest absolute Gasteiger partial charge is 0.289 e. The number of nitrogens with zero attached hydrogens (tertiary/aromatic N) is 1. The highest BCUT2D eigenvalue weighted by molar-refractivity contribution is 5.91. The third-order valence-electron chi connectivity index (χ3n) is 3.91. The molecule has 4 nitrogen and oxygen atoms in total. The van der Waals surface area contributed by atoms with Gasteiger partial charge in [0.15, 0.2) is 5.76 Å². The molecule has 1 aromatic heterocycles. The summed E-state index contributed by atoms with van der Waals surface area (Å²) in [5, 5.41) is 0. The van der Waals surface area contributed by atoms with Gasteiger partial charge in [0.2, 0.25) is 0 Å².